The minimum atomic E-state index is -0.884. The fourth-order valence-electron chi connectivity index (χ4n) is 2.96. The average molecular weight is 347 g/mol. The van der Waals surface area contributed by atoms with E-state index >= 15 is 0 Å². The van der Waals surface area contributed by atoms with Crippen molar-refractivity contribution in [1.82, 2.24) is 15.1 Å². The number of rotatable bonds is 5. The van der Waals surface area contributed by atoms with Crippen LogP contribution >= 0.6 is 0 Å². The van der Waals surface area contributed by atoms with Gasteiger partial charge in [0.15, 0.2) is 0 Å². The second kappa shape index (κ2) is 8.62. The minimum absolute atomic E-state index is 0.109. The maximum absolute atomic E-state index is 12.5. The lowest BCUT2D eigenvalue weighted by atomic mass is 10.0. The molecule has 2 rings (SSSR count). The molecule has 1 fully saturated rings. The van der Waals surface area contributed by atoms with E-state index in [1.54, 1.807) is 29.2 Å². The van der Waals surface area contributed by atoms with Crippen molar-refractivity contribution in [2.45, 2.75) is 18.9 Å². The van der Waals surface area contributed by atoms with Crippen LogP contribution in [0.25, 0.3) is 0 Å². The summed E-state index contributed by atoms with van der Waals surface area (Å²) >= 11 is 0. The van der Waals surface area contributed by atoms with Crippen molar-refractivity contribution < 1.29 is 19.5 Å². The van der Waals surface area contributed by atoms with Crippen LogP contribution < -0.4 is 5.32 Å². The topological polar surface area (TPSA) is 90.0 Å². The van der Waals surface area contributed by atoms with Gasteiger partial charge in [0.05, 0.1) is 12.5 Å². The van der Waals surface area contributed by atoms with E-state index in [0.29, 0.717) is 18.5 Å². The van der Waals surface area contributed by atoms with Crippen molar-refractivity contribution in [3.8, 4) is 0 Å². The molecule has 1 aromatic carbocycles. The Kier molecular flexibility index (Phi) is 6.52. The molecule has 25 heavy (non-hydrogen) atoms. The summed E-state index contributed by atoms with van der Waals surface area (Å²) in [6.07, 6.45) is 1.27. The molecule has 1 saturated heterocycles. The van der Waals surface area contributed by atoms with Gasteiger partial charge < -0.3 is 20.2 Å². The predicted octanol–water partition coefficient (Wildman–Crippen LogP) is 0.670. The lowest BCUT2D eigenvalue weighted by Crippen LogP contribution is -2.46. The van der Waals surface area contributed by atoms with Gasteiger partial charge in [0.25, 0.3) is 5.91 Å². The van der Waals surface area contributed by atoms with Gasteiger partial charge in [-0.3, -0.25) is 14.4 Å². The number of carbonyl (C=O) groups excluding carboxylic acids is 2. The van der Waals surface area contributed by atoms with Crippen LogP contribution in [0.1, 0.15) is 23.2 Å². The summed E-state index contributed by atoms with van der Waals surface area (Å²) in [5.74, 6) is -2.03. The third-order valence-electron chi connectivity index (χ3n) is 4.59. The first kappa shape index (κ1) is 18.9. The number of benzene rings is 1. The van der Waals surface area contributed by atoms with Gasteiger partial charge in [0.1, 0.15) is 0 Å². The van der Waals surface area contributed by atoms with Gasteiger partial charge in [0.2, 0.25) is 5.91 Å². The van der Waals surface area contributed by atoms with Crippen LogP contribution in [0.2, 0.25) is 0 Å². The SMILES string of the molecule is CN(C)[C@@H]1CC[C@H](C(=O)O)CN(C(=O)CNC(=O)c2ccccc2)C1. The first-order chi connectivity index (χ1) is 11.9. The number of carboxylic acids is 1. The molecule has 136 valence electrons. The van der Waals surface area contributed by atoms with Crippen LogP contribution in [0, 0.1) is 5.92 Å². The highest BCUT2D eigenvalue weighted by atomic mass is 16.4. The fraction of sp³-hybridized carbons (Fsp3) is 0.500. The molecular weight excluding hydrogens is 322 g/mol. The number of aliphatic carboxylic acids is 1. The van der Waals surface area contributed by atoms with Crippen molar-refractivity contribution in [2.75, 3.05) is 33.7 Å². The van der Waals surface area contributed by atoms with Crippen LogP contribution in [0.5, 0.6) is 0 Å². The van der Waals surface area contributed by atoms with E-state index in [0.717, 1.165) is 6.42 Å². The molecule has 2 N–H and O–H groups in total. The molecule has 1 aliphatic rings. The molecule has 0 unspecified atom stereocenters. The average Bonchev–Trinajstić information content (AvgIpc) is 2.83. The van der Waals surface area contributed by atoms with Crippen LogP contribution in [0.3, 0.4) is 0 Å². The third kappa shape index (κ3) is 5.29. The smallest absolute Gasteiger partial charge is 0.308 e. The Hall–Kier alpha value is -2.41. The molecule has 0 aromatic heterocycles. The third-order valence-corrected chi connectivity index (χ3v) is 4.59. The van der Waals surface area contributed by atoms with Gasteiger partial charge in [-0.1, -0.05) is 18.2 Å². The normalized spacial score (nSPS) is 20.8. The molecule has 1 aliphatic heterocycles. The number of nitrogens with one attached hydrogen (secondary N) is 1. The Morgan fingerprint density at radius 2 is 1.84 bits per heavy atom. The van der Waals surface area contributed by atoms with E-state index in [1.807, 2.05) is 25.1 Å². The predicted molar refractivity (Wildman–Crippen MR) is 93.2 cm³/mol. The number of hydrogen-bond acceptors (Lipinski definition) is 4. The largest absolute Gasteiger partial charge is 0.481 e. The maximum atomic E-state index is 12.5. The Balaban J connectivity index is 1.99. The summed E-state index contributed by atoms with van der Waals surface area (Å²) in [5.41, 5.74) is 0.487. The number of carbonyl (C=O) groups is 3. The van der Waals surface area contributed by atoms with Gasteiger partial charge >= 0.3 is 5.97 Å². The van der Waals surface area contributed by atoms with E-state index < -0.39 is 11.9 Å². The molecule has 2 amide bonds. The highest BCUT2D eigenvalue weighted by molar-refractivity contribution is 5.96. The van der Waals surface area contributed by atoms with Crippen molar-refractivity contribution in [1.29, 1.82) is 0 Å². The molecule has 1 aromatic rings. The van der Waals surface area contributed by atoms with E-state index in [9.17, 15) is 19.5 Å². The van der Waals surface area contributed by atoms with Crippen LogP contribution in [0.4, 0.5) is 0 Å². The number of likely N-dealkylation sites (tertiary alicyclic amines) is 1. The van der Waals surface area contributed by atoms with Crippen LogP contribution in [0.15, 0.2) is 30.3 Å². The molecule has 0 aliphatic carbocycles. The standard InChI is InChI=1S/C18H25N3O4/c1-20(2)15-9-8-14(18(24)25)11-21(12-15)16(22)10-19-17(23)13-6-4-3-5-7-13/h3-7,14-15H,8-12H2,1-2H3,(H,19,23)(H,24,25)/t14-,15+/m0/s1. The highest BCUT2D eigenvalue weighted by Gasteiger charge is 2.31. The number of carboxylic acid groups (broad SMARTS) is 1. The molecule has 0 saturated carbocycles. The second-order valence-corrected chi connectivity index (χ2v) is 6.58. The van der Waals surface area contributed by atoms with Gasteiger partial charge in [-0.05, 0) is 39.1 Å². The molecular formula is C18H25N3O4. The second-order valence-electron chi connectivity index (χ2n) is 6.58. The first-order valence-corrected chi connectivity index (χ1v) is 8.38. The number of likely N-dealkylation sites (N-methyl/N-ethyl adjacent to an activating group) is 1. The van der Waals surface area contributed by atoms with Crippen LogP contribution in [-0.4, -0.2) is 72.5 Å². The van der Waals surface area contributed by atoms with Crippen molar-refractivity contribution in [3.63, 3.8) is 0 Å². The van der Waals surface area contributed by atoms with Crippen molar-refractivity contribution >= 4 is 17.8 Å². The molecule has 7 nitrogen and oxygen atoms in total. The Morgan fingerprint density at radius 1 is 1.16 bits per heavy atom. The van der Waals surface area contributed by atoms with Crippen LogP contribution in [-0.2, 0) is 9.59 Å². The summed E-state index contributed by atoms with van der Waals surface area (Å²) in [7, 11) is 3.84. The van der Waals surface area contributed by atoms with E-state index in [-0.39, 0.29) is 30.9 Å². The Labute approximate surface area is 147 Å². The molecule has 1 heterocycles. The summed E-state index contributed by atoms with van der Waals surface area (Å²) in [5, 5.41) is 11.9. The summed E-state index contributed by atoms with van der Waals surface area (Å²) in [6, 6.07) is 8.78. The first-order valence-electron chi connectivity index (χ1n) is 8.38. The lowest BCUT2D eigenvalue weighted by molar-refractivity contribution is -0.143. The Bertz CT molecular complexity index is 618. The van der Waals surface area contributed by atoms with E-state index in [2.05, 4.69) is 5.32 Å². The van der Waals surface area contributed by atoms with Gasteiger partial charge in [-0.2, -0.15) is 0 Å². The minimum Gasteiger partial charge on any atom is -0.481 e. The summed E-state index contributed by atoms with van der Waals surface area (Å²) in [4.78, 5) is 39.5. The zero-order valence-electron chi connectivity index (χ0n) is 14.6. The van der Waals surface area contributed by atoms with Gasteiger partial charge in [0, 0.05) is 24.7 Å². The maximum Gasteiger partial charge on any atom is 0.308 e. The van der Waals surface area contributed by atoms with Gasteiger partial charge in [-0.15, -0.1) is 0 Å². The van der Waals surface area contributed by atoms with E-state index in [4.69, 9.17) is 0 Å². The lowest BCUT2D eigenvalue weighted by Gasteiger charge is -2.29. The highest BCUT2D eigenvalue weighted by Crippen LogP contribution is 2.19. The molecule has 2 atom stereocenters. The number of hydrogen-bond donors (Lipinski definition) is 2. The summed E-state index contributed by atoms with van der Waals surface area (Å²) in [6.45, 7) is 0.511. The molecule has 7 heteroatoms. The number of nitrogens with zero attached hydrogens (tertiary/aromatic N) is 2. The zero-order chi connectivity index (χ0) is 18.4. The molecule has 0 bridgehead atoms. The zero-order valence-corrected chi connectivity index (χ0v) is 14.6. The van der Waals surface area contributed by atoms with E-state index in [1.165, 1.54) is 0 Å². The van der Waals surface area contributed by atoms with Gasteiger partial charge in [-0.25, -0.2) is 0 Å². The number of amides is 2. The van der Waals surface area contributed by atoms with Crippen molar-refractivity contribution in [2.24, 2.45) is 5.92 Å². The summed E-state index contributed by atoms with van der Waals surface area (Å²) < 4.78 is 0. The Morgan fingerprint density at radius 3 is 2.44 bits per heavy atom. The molecule has 0 radical (unpaired) electrons. The molecule has 0 spiro atoms. The monoisotopic (exact) mass is 347 g/mol. The fourth-order valence-corrected chi connectivity index (χ4v) is 2.96. The van der Waals surface area contributed by atoms with Crippen molar-refractivity contribution in [3.05, 3.63) is 35.9 Å². The quantitative estimate of drug-likeness (QED) is 0.817.